The molecule has 7 heteroatoms. The number of rotatable bonds is 4. The number of nitrogens with zero attached hydrogens (tertiary/aromatic N) is 5. The van der Waals surface area contributed by atoms with Gasteiger partial charge in [0.1, 0.15) is 5.82 Å². The number of halogens is 1. The Hall–Kier alpha value is -2.39. The average Bonchev–Trinajstić information content (AvgIpc) is 3.11. The van der Waals surface area contributed by atoms with E-state index < -0.39 is 0 Å². The highest BCUT2D eigenvalue weighted by atomic mass is 35.5. The first-order chi connectivity index (χ1) is 9.81. The van der Waals surface area contributed by atoms with Gasteiger partial charge in [-0.1, -0.05) is 5.16 Å². The molecule has 0 aliphatic carbocycles. The van der Waals surface area contributed by atoms with Crippen LogP contribution in [0.4, 0.5) is 0 Å². The number of nitriles is 1. The van der Waals surface area contributed by atoms with Crippen molar-refractivity contribution in [1.82, 2.24) is 19.7 Å². The van der Waals surface area contributed by atoms with Gasteiger partial charge in [0.2, 0.25) is 5.89 Å². The first-order valence-electron chi connectivity index (χ1n) is 6.02. The number of aryl methyl sites for hydroxylation is 2. The van der Waals surface area contributed by atoms with E-state index in [-0.39, 0.29) is 0 Å². The van der Waals surface area contributed by atoms with Crippen LogP contribution in [0, 0.1) is 11.3 Å². The zero-order valence-electron chi connectivity index (χ0n) is 10.5. The Bertz CT molecular complexity index is 772. The van der Waals surface area contributed by atoms with Crippen LogP contribution in [-0.4, -0.2) is 19.7 Å². The summed E-state index contributed by atoms with van der Waals surface area (Å²) in [6.07, 6.45) is 1.96. The summed E-state index contributed by atoms with van der Waals surface area (Å²) in [5, 5.41) is 12.6. The molecule has 20 heavy (non-hydrogen) atoms. The van der Waals surface area contributed by atoms with Crippen molar-refractivity contribution in [2.45, 2.75) is 18.8 Å². The molecule has 0 radical (unpaired) electrons. The van der Waals surface area contributed by atoms with Crippen LogP contribution in [0.5, 0.6) is 0 Å². The molecule has 0 unspecified atom stereocenters. The zero-order valence-corrected chi connectivity index (χ0v) is 11.2. The molecule has 0 fully saturated rings. The summed E-state index contributed by atoms with van der Waals surface area (Å²) in [5.74, 6) is 1.63. The SMILES string of the molecule is N#Cc1ccc2nc(CCl)n(CCc3ncno3)c2c1. The molecular formula is C13H10ClN5O. The third kappa shape index (κ3) is 2.24. The largest absolute Gasteiger partial charge is 0.340 e. The minimum Gasteiger partial charge on any atom is -0.340 e. The van der Waals surface area contributed by atoms with E-state index in [1.165, 1.54) is 6.33 Å². The van der Waals surface area contributed by atoms with Crippen LogP contribution in [0.15, 0.2) is 29.0 Å². The van der Waals surface area contributed by atoms with E-state index in [1.807, 2.05) is 16.7 Å². The lowest BCUT2D eigenvalue weighted by Crippen LogP contribution is -2.05. The molecule has 2 heterocycles. The quantitative estimate of drug-likeness (QED) is 0.688. The van der Waals surface area contributed by atoms with Crippen LogP contribution < -0.4 is 0 Å². The molecule has 0 aliphatic rings. The highest BCUT2D eigenvalue weighted by Crippen LogP contribution is 2.19. The molecule has 3 rings (SSSR count). The summed E-state index contributed by atoms with van der Waals surface area (Å²) in [6, 6.07) is 7.51. The summed E-state index contributed by atoms with van der Waals surface area (Å²) >= 11 is 5.94. The van der Waals surface area contributed by atoms with Crippen LogP contribution in [0.25, 0.3) is 11.0 Å². The molecule has 3 aromatic rings. The summed E-state index contributed by atoms with van der Waals surface area (Å²) in [7, 11) is 0. The van der Waals surface area contributed by atoms with Crippen LogP contribution in [0.1, 0.15) is 17.3 Å². The number of alkyl halides is 1. The fraction of sp³-hybridized carbons (Fsp3) is 0.231. The summed E-state index contributed by atoms with van der Waals surface area (Å²) in [6.45, 7) is 0.621. The first kappa shape index (κ1) is 12.6. The van der Waals surface area contributed by atoms with Crippen molar-refractivity contribution in [1.29, 1.82) is 5.26 Å². The maximum Gasteiger partial charge on any atom is 0.228 e. The Balaban J connectivity index is 2.00. The Labute approximate surface area is 119 Å². The molecule has 0 amide bonds. The van der Waals surface area contributed by atoms with Crippen molar-refractivity contribution >= 4 is 22.6 Å². The van der Waals surface area contributed by atoms with Crippen molar-refractivity contribution in [3.8, 4) is 6.07 Å². The minimum absolute atomic E-state index is 0.306. The Morgan fingerprint density at radius 1 is 1.40 bits per heavy atom. The molecule has 6 nitrogen and oxygen atoms in total. The minimum atomic E-state index is 0.306. The molecule has 100 valence electrons. The Kier molecular flexibility index (Phi) is 3.35. The van der Waals surface area contributed by atoms with Gasteiger partial charge in [-0.2, -0.15) is 10.2 Å². The standard InChI is InChI=1S/C13H10ClN5O/c14-6-12-18-10-2-1-9(7-15)5-11(10)19(12)4-3-13-16-8-17-20-13/h1-2,5,8H,3-4,6H2. The van der Waals surface area contributed by atoms with Crippen LogP contribution in [-0.2, 0) is 18.8 Å². The smallest absolute Gasteiger partial charge is 0.228 e. The van der Waals surface area contributed by atoms with Crippen LogP contribution >= 0.6 is 11.6 Å². The van der Waals surface area contributed by atoms with Gasteiger partial charge >= 0.3 is 0 Å². The van der Waals surface area contributed by atoms with Gasteiger partial charge in [0, 0.05) is 13.0 Å². The van der Waals surface area contributed by atoms with Gasteiger partial charge in [0.05, 0.1) is 28.5 Å². The number of benzene rings is 1. The highest BCUT2D eigenvalue weighted by Gasteiger charge is 2.11. The first-order valence-corrected chi connectivity index (χ1v) is 6.56. The third-order valence-corrected chi connectivity index (χ3v) is 3.27. The fourth-order valence-electron chi connectivity index (χ4n) is 2.11. The van der Waals surface area contributed by atoms with Gasteiger partial charge in [0.25, 0.3) is 0 Å². The predicted octanol–water partition coefficient (Wildman–Crippen LogP) is 2.27. The molecule has 0 N–H and O–H groups in total. The normalized spacial score (nSPS) is 10.8. The van der Waals surface area contributed by atoms with Crippen molar-refractivity contribution in [3.05, 3.63) is 41.8 Å². The van der Waals surface area contributed by atoms with E-state index in [2.05, 4.69) is 21.2 Å². The molecule has 1 aromatic carbocycles. The van der Waals surface area contributed by atoms with Gasteiger partial charge in [-0.15, -0.1) is 11.6 Å². The lowest BCUT2D eigenvalue weighted by molar-refractivity contribution is 0.371. The van der Waals surface area contributed by atoms with Gasteiger partial charge < -0.3 is 9.09 Å². The summed E-state index contributed by atoms with van der Waals surface area (Å²) in [4.78, 5) is 8.45. The second-order valence-corrected chi connectivity index (χ2v) is 4.48. The van der Waals surface area contributed by atoms with Gasteiger partial charge in [-0.25, -0.2) is 4.98 Å². The number of hydrogen-bond acceptors (Lipinski definition) is 5. The number of fused-ring (bicyclic) bond motifs is 1. The monoisotopic (exact) mass is 287 g/mol. The van der Waals surface area contributed by atoms with E-state index in [4.69, 9.17) is 21.4 Å². The number of imidazole rings is 1. The molecule has 0 atom stereocenters. The molecule has 2 aromatic heterocycles. The highest BCUT2D eigenvalue weighted by molar-refractivity contribution is 6.16. The number of aromatic nitrogens is 4. The Morgan fingerprint density at radius 3 is 3.00 bits per heavy atom. The summed E-state index contributed by atoms with van der Waals surface area (Å²) < 4.78 is 6.96. The van der Waals surface area contributed by atoms with E-state index in [1.54, 1.807) is 6.07 Å². The number of hydrogen-bond donors (Lipinski definition) is 0. The molecular weight excluding hydrogens is 278 g/mol. The van der Waals surface area contributed by atoms with E-state index in [9.17, 15) is 0 Å². The molecule has 0 spiro atoms. The molecule has 0 aliphatic heterocycles. The molecule has 0 saturated heterocycles. The fourth-order valence-corrected chi connectivity index (χ4v) is 2.31. The van der Waals surface area contributed by atoms with Crippen molar-refractivity contribution in [2.24, 2.45) is 0 Å². The van der Waals surface area contributed by atoms with Crippen molar-refractivity contribution in [2.75, 3.05) is 0 Å². The Morgan fingerprint density at radius 2 is 2.30 bits per heavy atom. The summed E-state index contributed by atoms with van der Waals surface area (Å²) in [5.41, 5.74) is 2.31. The lowest BCUT2D eigenvalue weighted by atomic mass is 10.2. The van der Waals surface area contributed by atoms with Crippen LogP contribution in [0.3, 0.4) is 0 Å². The van der Waals surface area contributed by atoms with Crippen molar-refractivity contribution in [3.63, 3.8) is 0 Å². The predicted molar refractivity (Wildman–Crippen MR) is 72.0 cm³/mol. The van der Waals surface area contributed by atoms with Gasteiger partial charge in [0.15, 0.2) is 6.33 Å². The topological polar surface area (TPSA) is 80.5 Å². The second-order valence-electron chi connectivity index (χ2n) is 4.21. The lowest BCUT2D eigenvalue weighted by Gasteiger charge is -2.05. The van der Waals surface area contributed by atoms with Gasteiger partial charge in [-0.05, 0) is 18.2 Å². The van der Waals surface area contributed by atoms with E-state index in [0.717, 1.165) is 16.9 Å². The van der Waals surface area contributed by atoms with E-state index in [0.29, 0.717) is 30.3 Å². The molecule has 0 saturated carbocycles. The third-order valence-electron chi connectivity index (χ3n) is 3.03. The zero-order chi connectivity index (χ0) is 13.9. The van der Waals surface area contributed by atoms with Gasteiger partial charge in [-0.3, -0.25) is 0 Å². The average molecular weight is 288 g/mol. The second kappa shape index (κ2) is 5.31. The van der Waals surface area contributed by atoms with E-state index >= 15 is 0 Å². The maximum atomic E-state index is 8.99. The van der Waals surface area contributed by atoms with Crippen LogP contribution in [0.2, 0.25) is 0 Å². The van der Waals surface area contributed by atoms with Crippen molar-refractivity contribution < 1.29 is 4.52 Å². The maximum absolute atomic E-state index is 8.99. The molecule has 0 bridgehead atoms.